The number of nitrogens with zero attached hydrogens (tertiary/aromatic N) is 1. The van der Waals surface area contributed by atoms with Crippen LogP contribution in [-0.2, 0) is 0 Å². The second-order valence-corrected chi connectivity index (χ2v) is 8.78. The van der Waals surface area contributed by atoms with E-state index in [2.05, 4.69) is 52.8 Å². The van der Waals surface area contributed by atoms with Crippen LogP contribution in [0.1, 0.15) is 0 Å². The van der Waals surface area contributed by atoms with Crippen molar-refractivity contribution in [2.45, 2.75) is 0 Å². The van der Waals surface area contributed by atoms with Crippen molar-refractivity contribution >= 4 is 38.7 Å². The molecular formula is C32H25N3O2. The molecule has 0 bridgehead atoms. The smallest absolute Gasteiger partial charge is 0.135 e. The van der Waals surface area contributed by atoms with E-state index in [1.807, 2.05) is 66.7 Å². The van der Waals surface area contributed by atoms with Crippen LogP contribution < -0.4 is 20.5 Å². The number of hydrogen-bond donors (Lipinski definition) is 2. The maximum atomic E-state index is 6.22. The molecule has 0 atom stereocenters. The summed E-state index contributed by atoms with van der Waals surface area (Å²) in [7, 11) is 1.70. The Morgan fingerprint density at radius 3 is 2.27 bits per heavy atom. The van der Waals surface area contributed by atoms with Crippen molar-refractivity contribution in [2.24, 2.45) is 0 Å². The molecule has 0 spiro atoms. The van der Waals surface area contributed by atoms with Crippen LogP contribution in [0.4, 0.5) is 17.2 Å². The first-order valence-electron chi connectivity index (χ1n) is 12.0. The zero-order valence-electron chi connectivity index (χ0n) is 20.3. The van der Waals surface area contributed by atoms with Gasteiger partial charge in [-0.1, -0.05) is 60.7 Å². The summed E-state index contributed by atoms with van der Waals surface area (Å²) in [4.78, 5) is 4.47. The monoisotopic (exact) mass is 483 g/mol. The molecule has 0 aliphatic carbocycles. The molecule has 5 aromatic carbocycles. The third-order valence-electron chi connectivity index (χ3n) is 6.42. The number of nitrogens with one attached hydrogen (secondary N) is 1. The molecule has 3 N–H and O–H groups in total. The van der Waals surface area contributed by atoms with Gasteiger partial charge >= 0.3 is 0 Å². The Morgan fingerprint density at radius 1 is 0.703 bits per heavy atom. The summed E-state index contributed by atoms with van der Waals surface area (Å²) in [6, 6.07) is 36.2. The highest BCUT2D eigenvalue weighted by atomic mass is 16.5. The van der Waals surface area contributed by atoms with Crippen molar-refractivity contribution in [3.05, 3.63) is 115 Å². The third-order valence-corrected chi connectivity index (χ3v) is 6.42. The minimum Gasteiger partial charge on any atom is -0.497 e. The summed E-state index contributed by atoms with van der Waals surface area (Å²) in [5.41, 5.74) is 10.0. The Balaban J connectivity index is 1.25. The molecule has 0 saturated carbocycles. The van der Waals surface area contributed by atoms with Gasteiger partial charge in [-0.15, -0.1) is 0 Å². The molecule has 0 amide bonds. The van der Waals surface area contributed by atoms with Gasteiger partial charge in [0.2, 0.25) is 0 Å². The van der Waals surface area contributed by atoms with E-state index in [9.17, 15) is 0 Å². The second-order valence-electron chi connectivity index (χ2n) is 8.78. The first-order valence-corrected chi connectivity index (χ1v) is 12.0. The topological polar surface area (TPSA) is 69.4 Å². The van der Waals surface area contributed by atoms with Gasteiger partial charge in [0.25, 0.3) is 0 Å². The van der Waals surface area contributed by atoms with Gasteiger partial charge in [0.1, 0.15) is 23.1 Å². The van der Waals surface area contributed by atoms with E-state index in [4.69, 9.17) is 15.2 Å². The fraction of sp³-hybridized carbons (Fsp3) is 0.0312. The van der Waals surface area contributed by atoms with Crippen molar-refractivity contribution in [1.29, 1.82) is 0 Å². The Labute approximate surface area is 215 Å². The molecule has 0 aliphatic rings. The molecule has 1 heterocycles. The quantitative estimate of drug-likeness (QED) is 0.234. The molecule has 6 aromatic rings. The Morgan fingerprint density at radius 2 is 1.46 bits per heavy atom. The van der Waals surface area contributed by atoms with Gasteiger partial charge in [-0.2, -0.15) is 0 Å². The zero-order valence-corrected chi connectivity index (χ0v) is 20.3. The lowest BCUT2D eigenvalue weighted by Gasteiger charge is -2.13. The Bertz CT molecular complexity index is 1730. The van der Waals surface area contributed by atoms with Gasteiger partial charge in [-0.25, -0.2) is 4.98 Å². The number of benzene rings is 5. The van der Waals surface area contributed by atoms with E-state index < -0.39 is 0 Å². The van der Waals surface area contributed by atoms with Crippen molar-refractivity contribution < 1.29 is 9.47 Å². The third kappa shape index (κ3) is 4.50. The number of methoxy groups -OCH3 is 1. The average molecular weight is 484 g/mol. The molecule has 0 fully saturated rings. The van der Waals surface area contributed by atoms with E-state index in [1.165, 1.54) is 5.39 Å². The fourth-order valence-electron chi connectivity index (χ4n) is 4.57. The minimum atomic E-state index is 0.687. The summed E-state index contributed by atoms with van der Waals surface area (Å²) in [5, 5.41) is 7.65. The van der Waals surface area contributed by atoms with Gasteiger partial charge in [0.15, 0.2) is 0 Å². The standard InChI is InChI=1S/C32H25N3O2/c1-36-25-18-22-6-2-3-7-26(22)29(19-25)21-10-12-23(13-11-21)35-32-20-24(16-17-34-32)37-31-15-14-30(33)27-8-4-5-9-28(27)31/h2-20H,33H2,1H3,(H,34,35). The Kier molecular flexibility index (Phi) is 5.79. The van der Waals surface area contributed by atoms with Crippen molar-refractivity contribution in [3.8, 4) is 28.4 Å². The van der Waals surface area contributed by atoms with Crippen LogP contribution in [0.3, 0.4) is 0 Å². The van der Waals surface area contributed by atoms with Crippen molar-refractivity contribution in [1.82, 2.24) is 4.98 Å². The van der Waals surface area contributed by atoms with Gasteiger partial charge in [0, 0.05) is 34.4 Å². The van der Waals surface area contributed by atoms with E-state index >= 15 is 0 Å². The molecule has 5 nitrogen and oxygen atoms in total. The van der Waals surface area contributed by atoms with Crippen LogP contribution in [0.15, 0.2) is 115 Å². The molecule has 0 radical (unpaired) electrons. The number of ether oxygens (including phenoxy) is 2. The predicted octanol–water partition coefficient (Wildman–Crippen LogP) is 8.18. The van der Waals surface area contributed by atoms with E-state index in [0.29, 0.717) is 11.6 Å². The number of aromatic nitrogens is 1. The van der Waals surface area contributed by atoms with Gasteiger partial charge in [0.05, 0.1) is 7.11 Å². The highest BCUT2D eigenvalue weighted by molar-refractivity contribution is 5.98. The molecule has 37 heavy (non-hydrogen) atoms. The molecular weight excluding hydrogens is 458 g/mol. The van der Waals surface area contributed by atoms with E-state index in [1.54, 1.807) is 13.3 Å². The normalized spacial score (nSPS) is 10.9. The van der Waals surface area contributed by atoms with Crippen LogP contribution in [0, 0.1) is 0 Å². The van der Waals surface area contributed by atoms with Crippen molar-refractivity contribution in [3.63, 3.8) is 0 Å². The lowest BCUT2D eigenvalue weighted by molar-refractivity contribution is 0.415. The maximum Gasteiger partial charge on any atom is 0.135 e. The molecule has 180 valence electrons. The number of pyridine rings is 1. The summed E-state index contributed by atoms with van der Waals surface area (Å²) >= 11 is 0. The molecule has 1 aromatic heterocycles. The van der Waals surface area contributed by atoms with Crippen LogP contribution in [-0.4, -0.2) is 12.1 Å². The predicted molar refractivity (Wildman–Crippen MR) is 152 cm³/mol. The number of rotatable bonds is 6. The molecule has 0 aliphatic heterocycles. The summed E-state index contributed by atoms with van der Waals surface area (Å²) in [6.07, 6.45) is 1.73. The number of anilines is 3. The molecule has 0 unspecified atom stereocenters. The minimum absolute atomic E-state index is 0.687. The van der Waals surface area contributed by atoms with Crippen molar-refractivity contribution in [2.75, 3.05) is 18.2 Å². The van der Waals surface area contributed by atoms with E-state index in [-0.39, 0.29) is 0 Å². The SMILES string of the molecule is COc1cc(-c2ccc(Nc3cc(Oc4ccc(N)c5ccccc45)ccn3)cc2)c2ccccc2c1. The van der Waals surface area contributed by atoms with E-state index in [0.717, 1.165) is 50.2 Å². The van der Waals surface area contributed by atoms with Gasteiger partial charge < -0.3 is 20.5 Å². The Hall–Kier alpha value is -5.03. The maximum absolute atomic E-state index is 6.22. The summed E-state index contributed by atoms with van der Waals surface area (Å²) < 4.78 is 11.7. The van der Waals surface area contributed by atoms with Gasteiger partial charge in [-0.3, -0.25) is 0 Å². The molecule has 5 heteroatoms. The number of nitrogen functional groups attached to an aromatic ring is 1. The fourth-order valence-corrected chi connectivity index (χ4v) is 4.57. The zero-order chi connectivity index (χ0) is 25.2. The first kappa shape index (κ1) is 22.4. The number of hydrogen-bond acceptors (Lipinski definition) is 5. The summed E-state index contributed by atoms with van der Waals surface area (Å²) in [5.74, 6) is 2.96. The van der Waals surface area contributed by atoms with Crippen LogP contribution in [0.5, 0.6) is 17.2 Å². The molecule has 0 saturated heterocycles. The lowest BCUT2D eigenvalue weighted by Crippen LogP contribution is -1.95. The largest absolute Gasteiger partial charge is 0.497 e. The summed E-state index contributed by atoms with van der Waals surface area (Å²) in [6.45, 7) is 0. The van der Waals surface area contributed by atoms with Crippen LogP contribution in [0.25, 0.3) is 32.7 Å². The molecule has 6 rings (SSSR count). The number of fused-ring (bicyclic) bond motifs is 2. The first-order chi connectivity index (χ1) is 18.2. The average Bonchev–Trinajstić information content (AvgIpc) is 2.95. The highest BCUT2D eigenvalue weighted by Gasteiger charge is 2.09. The second kappa shape index (κ2) is 9.55. The van der Waals surface area contributed by atoms with Gasteiger partial charge in [-0.05, 0) is 64.4 Å². The lowest BCUT2D eigenvalue weighted by atomic mass is 9.97. The number of nitrogens with two attached hydrogens (primary N) is 1. The van der Waals surface area contributed by atoms with Crippen LogP contribution in [0.2, 0.25) is 0 Å². The van der Waals surface area contributed by atoms with Crippen LogP contribution >= 0.6 is 0 Å². The highest BCUT2D eigenvalue weighted by Crippen LogP contribution is 2.35.